The van der Waals surface area contributed by atoms with E-state index in [-0.39, 0.29) is 25.5 Å². The quantitative estimate of drug-likeness (QED) is 0.664. The Morgan fingerprint density at radius 2 is 2.07 bits per heavy atom. The van der Waals surface area contributed by atoms with Crippen LogP contribution in [0, 0.1) is 0 Å². The second kappa shape index (κ2) is 9.18. The maximum Gasteiger partial charge on any atom is 0.311 e. The lowest BCUT2D eigenvalue weighted by Gasteiger charge is -2.25. The lowest BCUT2D eigenvalue weighted by molar-refractivity contribution is -0.142. The Labute approximate surface area is 165 Å². The number of esters is 1. The molecule has 0 radical (unpaired) electrons. The molecule has 1 atom stereocenters. The molecule has 1 aliphatic rings. The standard InChI is InChI=1S/C18H19N3O6S/c1-2-25-16(23)7-11-10-28-18(20-11)21-15(22)8-19-17(24)14-9-26-12-5-3-4-6-13(12)27-14/h3-6,10,14H,2,7-9H2,1H3,(H,19,24)(H,20,21,22). The first kappa shape index (κ1) is 19.6. The zero-order chi connectivity index (χ0) is 19.9. The molecule has 1 aliphatic heterocycles. The van der Waals surface area contributed by atoms with Crippen LogP contribution < -0.4 is 20.1 Å². The number of hydrogen-bond donors (Lipinski definition) is 2. The number of fused-ring (bicyclic) bond motifs is 1. The molecule has 2 aromatic rings. The molecule has 1 unspecified atom stereocenters. The van der Waals surface area contributed by atoms with Crippen LogP contribution in [0.5, 0.6) is 11.5 Å². The highest BCUT2D eigenvalue weighted by atomic mass is 32.1. The van der Waals surface area contributed by atoms with Gasteiger partial charge >= 0.3 is 5.97 Å². The third-order valence-electron chi connectivity index (χ3n) is 3.65. The minimum atomic E-state index is -0.834. The molecule has 0 saturated heterocycles. The van der Waals surface area contributed by atoms with Crippen molar-refractivity contribution < 1.29 is 28.6 Å². The van der Waals surface area contributed by atoms with Crippen LogP contribution in [0.15, 0.2) is 29.6 Å². The average molecular weight is 405 g/mol. The van der Waals surface area contributed by atoms with Gasteiger partial charge in [0.25, 0.3) is 5.91 Å². The number of ether oxygens (including phenoxy) is 3. The van der Waals surface area contributed by atoms with Crippen LogP contribution in [0.3, 0.4) is 0 Å². The number of anilines is 1. The van der Waals surface area contributed by atoms with Crippen LogP contribution in [-0.2, 0) is 25.5 Å². The molecular formula is C18H19N3O6S. The number of hydrogen-bond acceptors (Lipinski definition) is 8. The monoisotopic (exact) mass is 405 g/mol. The van der Waals surface area contributed by atoms with E-state index in [2.05, 4.69) is 15.6 Å². The summed E-state index contributed by atoms with van der Waals surface area (Å²) in [5.74, 6) is -0.217. The van der Waals surface area contributed by atoms with E-state index in [4.69, 9.17) is 14.2 Å². The number of nitrogens with one attached hydrogen (secondary N) is 2. The zero-order valence-corrected chi connectivity index (χ0v) is 15.9. The molecule has 10 heteroatoms. The molecule has 0 aliphatic carbocycles. The molecule has 2 amide bonds. The van der Waals surface area contributed by atoms with E-state index in [9.17, 15) is 14.4 Å². The van der Waals surface area contributed by atoms with E-state index < -0.39 is 17.9 Å². The second-order valence-electron chi connectivity index (χ2n) is 5.76. The van der Waals surface area contributed by atoms with Gasteiger partial charge in [0.1, 0.15) is 6.61 Å². The van der Waals surface area contributed by atoms with Gasteiger partial charge in [-0.2, -0.15) is 0 Å². The first-order valence-electron chi connectivity index (χ1n) is 8.61. The van der Waals surface area contributed by atoms with E-state index in [1.807, 2.05) is 6.07 Å². The highest BCUT2D eigenvalue weighted by Crippen LogP contribution is 2.30. The number of carbonyl (C=O) groups excluding carboxylic acids is 3. The van der Waals surface area contributed by atoms with Crippen molar-refractivity contribution in [1.82, 2.24) is 10.3 Å². The summed E-state index contributed by atoms with van der Waals surface area (Å²) in [5, 5.41) is 7.08. The molecule has 2 heterocycles. The molecule has 0 saturated carbocycles. The lowest BCUT2D eigenvalue weighted by Crippen LogP contribution is -2.46. The van der Waals surface area contributed by atoms with Crippen molar-refractivity contribution >= 4 is 34.3 Å². The summed E-state index contributed by atoms with van der Waals surface area (Å²) in [5.41, 5.74) is 0.509. The van der Waals surface area contributed by atoms with Crippen molar-refractivity contribution in [2.24, 2.45) is 0 Å². The summed E-state index contributed by atoms with van der Waals surface area (Å²) in [4.78, 5) is 39.8. The van der Waals surface area contributed by atoms with Crippen molar-refractivity contribution in [3.63, 3.8) is 0 Å². The van der Waals surface area contributed by atoms with Gasteiger partial charge in [0.2, 0.25) is 12.0 Å². The third-order valence-corrected chi connectivity index (χ3v) is 4.46. The van der Waals surface area contributed by atoms with Crippen LogP contribution in [0.1, 0.15) is 12.6 Å². The van der Waals surface area contributed by atoms with Gasteiger partial charge in [-0.15, -0.1) is 11.3 Å². The van der Waals surface area contributed by atoms with Gasteiger partial charge in [0, 0.05) is 5.38 Å². The Balaban J connectivity index is 1.44. The average Bonchev–Trinajstić information content (AvgIpc) is 3.12. The number of thiazole rings is 1. The number of nitrogens with zero attached hydrogens (tertiary/aromatic N) is 1. The first-order valence-corrected chi connectivity index (χ1v) is 9.49. The fourth-order valence-corrected chi connectivity index (χ4v) is 3.13. The molecule has 0 fully saturated rings. The molecule has 0 bridgehead atoms. The Kier molecular flexibility index (Phi) is 6.43. The van der Waals surface area contributed by atoms with Crippen molar-refractivity contribution in [1.29, 1.82) is 0 Å². The Bertz CT molecular complexity index is 869. The van der Waals surface area contributed by atoms with Gasteiger partial charge in [-0.1, -0.05) is 12.1 Å². The van der Waals surface area contributed by atoms with E-state index in [1.165, 1.54) is 11.3 Å². The zero-order valence-electron chi connectivity index (χ0n) is 15.1. The van der Waals surface area contributed by atoms with E-state index in [0.717, 1.165) is 0 Å². The van der Waals surface area contributed by atoms with Crippen LogP contribution in [0.4, 0.5) is 5.13 Å². The highest BCUT2D eigenvalue weighted by Gasteiger charge is 2.27. The normalized spacial score (nSPS) is 14.8. The summed E-state index contributed by atoms with van der Waals surface area (Å²) in [6.07, 6.45) is -0.795. The fourth-order valence-electron chi connectivity index (χ4n) is 2.40. The van der Waals surface area contributed by atoms with Crippen LogP contribution in [0.25, 0.3) is 0 Å². The second-order valence-corrected chi connectivity index (χ2v) is 6.61. The largest absolute Gasteiger partial charge is 0.485 e. The fraction of sp³-hybridized carbons (Fsp3) is 0.333. The van der Waals surface area contributed by atoms with E-state index in [1.54, 1.807) is 30.5 Å². The summed E-state index contributed by atoms with van der Waals surface area (Å²) in [6.45, 7) is 1.84. The van der Waals surface area contributed by atoms with Gasteiger partial charge in [-0.05, 0) is 19.1 Å². The van der Waals surface area contributed by atoms with Crippen molar-refractivity contribution in [3.05, 3.63) is 35.3 Å². The van der Waals surface area contributed by atoms with Gasteiger partial charge < -0.3 is 24.8 Å². The molecule has 3 rings (SSSR count). The molecule has 9 nitrogen and oxygen atoms in total. The lowest BCUT2D eigenvalue weighted by atomic mass is 10.2. The predicted molar refractivity (Wildman–Crippen MR) is 100 cm³/mol. The Morgan fingerprint density at radius 1 is 1.29 bits per heavy atom. The maximum absolute atomic E-state index is 12.2. The molecule has 2 N–H and O–H groups in total. The van der Waals surface area contributed by atoms with Crippen LogP contribution in [-0.4, -0.2) is 48.6 Å². The Morgan fingerprint density at radius 3 is 2.86 bits per heavy atom. The van der Waals surface area contributed by atoms with Gasteiger partial charge in [-0.3, -0.25) is 14.4 Å². The summed E-state index contributed by atoms with van der Waals surface area (Å²) in [7, 11) is 0. The third kappa shape index (κ3) is 5.19. The van der Waals surface area contributed by atoms with E-state index in [0.29, 0.717) is 28.9 Å². The SMILES string of the molecule is CCOC(=O)Cc1csc(NC(=O)CNC(=O)C2COc3ccccc3O2)n1. The van der Waals surface area contributed by atoms with Crippen molar-refractivity contribution in [2.45, 2.75) is 19.4 Å². The number of para-hydroxylation sites is 2. The van der Waals surface area contributed by atoms with Gasteiger partial charge in [-0.25, -0.2) is 4.98 Å². The minimum absolute atomic E-state index is 0.0391. The van der Waals surface area contributed by atoms with Gasteiger partial charge in [0.05, 0.1) is 25.3 Å². The molecule has 1 aromatic heterocycles. The summed E-state index contributed by atoms with van der Waals surface area (Å²) >= 11 is 1.18. The van der Waals surface area contributed by atoms with Gasteiger partial charge in [0.15, 0.2) is 16.6 Å². The number of rotatable bonds is 7. The van der Waals surface area contributed by atoms with Crippen LogP contribution in [0.2, 0.25) is 0 Å². The first-order chi connectivity index (χ1) is 13.5. The number of amides is 2. The topological polar surface area (TPSA) is 116 Å². The van der Waals surface area contributed by atoms with Crippen LogP contribution >= 0.6 is 11.3 Å². The molecule has 28 heavy (non-hydrogen) atoms. The minimum Gasteiger partial charge on any atom is -0.485 e. The Hall–Kier alpha value is -3.14. The number of carbonyl (C=O) groups is 3. The molecule has 148 valence electrons. The molecular weight excluding hydrogens is 386 g/mol. The van der Waals surface area contributed by atoms with Crippen molar-refractivity contribution in [3.8, 4) is 11.5 Å². The molecule has 0 spiro atoms. The number of aromatic nitrogens is 1. The summed E-state index contributed by atoms with van der Waals surface area (Å²) in [6, 6.07) is 7.04. The summed E-state index contributed by atoms with van der Waals surface area (Å²) < 4.78 is 15.9. The molecule has 1 aromatic carbocycles. The smallest absolute Gasteiger partial charge is 0.311 e. The van der Waals surface area contributed by atoms with E-state index >= 15 is 0 Å². The highest BCUT2D eigenvalue weighted by molar-refractivity contribution is 7.13. The number of benzene rings is 1. The maximum atomic E-state index is 12.2. The van der Waals surface area contributed by atoms with Crippen molar-refractivity contribution in [2.75, 3.05) is 25.1 Å². The predicted octanol–water partition coefficient (Wildman–Crippen LogP) is 1.14.